The Morgan fingerprint density at radius 2 is 2.20 bits per heavy atom. The van der Waals surface area contributed by atoms with Crippen molar-refractivity contribution in [1.82, 2.24) is 5.06 Å². The molecule has 0 aliphatic heterocycles. The van der Waals surface area contributed by atoms with Crippen LogP contribution in [0.15, 0.2) is 4.99 Å². The van der Waals surface area contributed by atoms with Gasteiger partial charge in [-0.1, -0.05) is 0 Å². The lowest BCUT2D eigenvalue weighted by molar-refractivity contribution is -0.0342. The van der Waals surface area contributed by atoms with Gasteiger partial charge < -0.3 is 11.5 Å². The summed E-state index contributed by atoms with van der Waals surface area (Å²) in [5.74, 6) is -0.363. The molecule has 0 aliphatic carbocycles. The summed E-state index contributed by atoms with van der Waals surface area (Å²) >= 11 is 0. The number of carbonyl (C=O) groups is 1. The maximum Gasteiger partial charge on any atom is 0.370 e. The number of nitrogens with two attached hydrogens (primary N) is 2. The van der Waals surface area contributed by atoms with E-state index >= 15 is 0 Å². The van der Waals surface area contributed by atoms with Gasteiger partial charge >= 0.3 is 6.03 Å². The lowest BCUT2D eigenvalue weighted by Crippen LogP contribution is -2.30. The van der Waals surface area contributed by atoms with Crippen LogP contribution in [-0.2, 0) is 0 Å². The maximum absolute atomic E-state index is 10.5. The molecule has 5 N–H and O–H groups in total. The molecule has 58 valence electrons. The van der Waals surface area contributed by atoms with Crippen LogP contribution in [0.25, 0.3) is 0 Å². The van der Waals surface area contributed by atoms with Crippen molar-refractivity contribution in [2.24, 2.45) is 16.5 Å². The fraction of sp³-hybridized carbons (Fsp3) is 0.500. The number of nitrogens with zero attached hydrogens (tertiary/aromatic N) is 2. The number of hydrogen-bond acceptors (Lipinski definition) is 2. The van der Waals surface area contributed by atoms with E-state index in [0.717, 1.165) is 0 Å². The van der Waals surface area contributed by atoms with Gasteiger partial charge in [0.2, 0.25) is 0 Å². The summed E-state index contributed by atoms with van der Waals surface area (Å²) < 4.78 is 0. The van der Waals surface area contributed by atoms with Crippen LogP contribution in [0.2, 0.25) is 0 Å². The van der Waals surface area contributed by atoms with E-state index in [-0.39, 0.29) is 12.5 Å². The van der Waals surface area contributed by atoms with E-state index in [4.69, 9.17) is 16.7 Å². The van der Waals surface area contributed by atoms with Crippen molar-refractivity contribution in [3.63, 3.8) is 0 Å². The lowest BCUT2D eigenvalue weighted by atomic mass is 10.7. The molecule has 6 heteroatoms. The standard InChI is InChI=1S/C4H10N4O2/c1-2-8(10)4(9)7-3(5)6/h10H,2H2,1H3,(H4,5,6,7,9). The van der Waals surface area contributed by atoms with E-state index in [1.165, 1.54) is 0 Å². The van der Waals surface area contributed by atoms with Crippen LogP contribution >= 0.6 is 0 Å². The molecule has 0 aromatic rings. The summed E-state index contributed by atoms with van der Waals surface area (Å²) in [6, 6.07) is -0.859. The Kier molecular flexibility index (Phi) is 3.20. The second-order valence-electron chi connectivity index (χ2n) is 1.54. The van der Waals surface area contributed by atoms with Gasteiger partial charge in [0.1, 0.15) is 0 Å². The Morgan fingerprint density at radius 1 is 1.70 bits per heavy atom. The number of rotatable bonds is 1. The van der Waals surface area contributed by atoms with Gasteiger partial charge in [0, 0.05) is 6.54 Å². The van der Waals surface area contributed by atoms with Crippen molar-refractivity contribution < 1.29 is 10.0 Å². The fourth-order valence-corrected chi connectivity index (χ4v) is 0.303. The third-order valence-corrected chi connectivity index (χ3v) is 0.745. The highest BCUT2D eigenvalue weighted by Crippen LogP contribution is 1.85. The molecule has 0 aromatic heterocycles. The van der Waals surface area contributed by atoms with Crippen molar-refractivity contribution in [2.75, 3.05) is 6.54 Å². The SMILES string of the molecule is CCN(O)C(=O)N=C(N)N. The smallest absolute Gasteiger partial charge is 0.370 e. The highest BCUT2D eigenvalue weighted by molar-refractivity contribution is 5.89. The Bertz CT molecular complexity index is 151. The first kappa shape index (κ1) is 8.70. The van der Waals surface area contributed by atoms with E-state index in [2.05, 4.69) is 4.99 Å². The third kappa shape index (κ3) is 2.88. The van der Waals surface area contributed by atoms with Gasteiger partial charge in [-0.25, -0.2) is 9.86 Å². The predicted octanol–water partition coefficient (Wildman–Crippen LogP) is -0.909. The van der Waals surface area contributed by atoms with Crippen LogP contribution in [0.3, 0.4) is 0 Å². The molecule has 0 aromatic carbocycles. The van der Waals surface area contributed by atoms with Crippen LogP contribution in [0.5, 0.6) is 0 Å². The second-order valence-corrected chi connectivity index (χ2v) is 1.54. The molecule has 2 amide bonds. The first-order valence-corrected chi connectivity index (χ1v) is 2.68. The van der Waals surface area contributed by atoms with Gasteiger partial charge in [0.05, 0.1) is 0 Å². The Hall–Kier alpha value is -1.30. The summed E-state index contributed by atoms with van der Waals surface area (Å²) in [5.41, 5.74) is 9.71. The molecule has 0 spiro atoms. The summed E-state index contributed by atoms with van der Waals surface area (Å²) in [6.45, 7) is 1.73. The quantitative estimate of drug-likeness (QED) is 0.193. The van der Waals surface area contributed by atoms with Crippen LogP contribution in [0.1, 0.15) is 6.92 Å². The maximum atomic E-state index is 10.5. The molecule has 0 aliphatic rings. The number of urea groups is 1. The number of aliphatic imine (C=N–C) groups is 1. The van der Waals surface area contributed by atoms with E-state index in [9.17, 15) is 4.79 Å². The largest absolute Gasteiger partial charge is 0.370 e. The van der Waals surface area contributed by atoms with Crippen LogP contribution in [0.4, 0.5) is 4.79 Å². The minimum atomic E-state index is -0.859. The monoisotopic (exact) mass is 146 g/mol. The topological polar surface area (TPSA) is 105 Å². The van der Waals surface area contributed by atoms with Crippen LogP contribution < -0.4 is 11.5 Å². The molecule has 0 atom stereocenters. The molecule has 0 heterocycles. The molecule has 0 radical (unpaired) electrons. The van der Waals surface area contributed by atoms with Gasteiger partial charge in [-0.2, -0.15) is 4.99 Å². The predicted molar refractivity (Wildman–Crippen MR) is 35.4 cm³/mol. The highest BCUT2D eigenvalue weighted by atomic mass is 16.5. The van der Waals surface area contributed by atoms with Crippen LogP contribution in [0, 0.1) is 0 Å². The first-order chi connectivity index (χ1) is 4.57. The van der Waals surface area contributed by atoms with Gasteiger partial charge in [-0.05, 0) is 6.92 Å². The number of hydroxylamine groups is 2. The zero-order valence-electron chi connectivity index (χ0n) is 5.61. The second kappa shape index (κ2) is 3.67. The van der Waals surface area contributed by atoms with Crippen molar-refractivity contribution in [2.45, 2.75) is 6.92 Å². The molecule has 0 unspecified atom stereocenters. The Balaban J connectivity index is 3.97. The van der Waals surface area contributed by atoms with Gasteiger partial charge in [-0.15, -0.1) is 0 Å². The average Bonchev–Trinajstić information content (AvgIpc) is 1.85. The zero-order valence-corrected chi connectivity index (χ0v) is 5.61. The molecular formula is C4H10N4O2. The lowest BCUT2D eigenvalue weighted by Gasteiger charge is -2.06. The molecule has 0 rings (SSSR count). The average molecular weight is 146 g/mol. The number of carbonyl (C=O) groups excluding carboxylic acids is 1. The number of amides is 2. The van der Waals surface area contributed by atoms with E-state index in [0.29, 0.717) is 5.06 Å². The van der Waals surface area contributed by atoms with Crippen molar-refractivity contribution in [3.05, 3.63) is 0 Å². The Morgan fingerprint density at radius 3 is 2.50 bits per heavy atom. The molecule has 6 nitrogen and oxygen atoms in total. The molecular weight excluding hydrogens is 136 g/mol. The van der Waals surface area contributed by atoms with Crippen molar-refractivity contribution in [3.8, 4) is 0 Å². The zero-order chi connectivity index (χ0) is 8.15. The van der Waals surface area contributed by atoms with E-state index in [1.54, 1.807) is 6.92 Å². The molecule has 0 fully saturated rings. The minimum absolute atomic E-state index is 0.148. The molecule has 0 saturated heterocycles. The number of hydrogen-bond donors (Lipinski definition) is 3. The van der Waals surface area contributed by atoms with E-state index < -0.39 is 6.03 Å². The number of guanidine groups is 1. The van der Waals surface area contributed by atoms with Gasteiger partial charge in [-0.3, -0.25) is 5.21 Å². The first-order valence-electron chi connectivity index (χ1n) is 2.68. The fourth-order valence-electron chi connectivity index (χ4n) is 0.303. The Labute approximate surface area is 58.1 Å². The molecule has 0 bridgehead atoms. The highest BCUT2D eigenvalue weighted by Gasteiger charge is 2.05. The minimum Gasteiger partial charge on any atom is -0.370 e. The van der Waals surface area contributed by atoms with Crippen molar-refractivity contribution in [1.29, 1.82) is 0 Å². The van der Waals surface area contributed by atoms with E-state index in [1.807, 2.05) is 0 Å². The third-order valence-electron chi connectivity index (χ3n) is 0.745. The van der Waals surface area contributed by atoms with Gasteiger partial charge in [0.25, 0.3) is 0 Å². The molecule has 10 heavy (non-hydrogen) atoms. The summed E-state index contributed by atoms with van der Waals surface area (Å²) in [7, 11) is 0. The normalized spacial score (nSPS) is 8.60. The summed E-state index contributed by atoms with van der Waals surface area (Å²) in [6.07, 6.45) is 0. The van der Waals surface area contributed by atoms with Crippen molar-refractivity contribution >= 4 is 12.0 Å². The molecule has 0 saturated carbocycles. The summed E-state index contributed by atoms with van der Waals surface area (Å²) in [4.78, 5) is 13.6. The summed E-state index contributed by atoms with van der Waals surface area (Å²) in [5, 5.41) is 9.04. The van der Waals surface area contributed by atoms with Gasteiger partial charge in [0.15, 0.2) is 5.96 Å². The van der Waals surface area contributed by atoms with Crippen LogP contribution in [-0.4, -0.2) is 28.8 Å².